The molecule has 29 heavy (non-hydrogen) atoms. The lowest BCUT2D eigenvalue weighted by Gasteiger charge is -2.08. The number of aromatic nitrogens is 2. The molecule has 0 spiro atoms. The monoisotopic (exact) mass is 417 g/mol. The quantitative estimate of drug-likeness (QED) is 0.489. The predicted molar refractivity (Wildman–Crippen MR) is 102 cm³/mol. The Morgan fingerprint density at radius 2 is 1.93 bits per heavy atom. The topological polar surface area (TPSA) is 60.1 Å². The molecule has 1 amide bonds. The van der Waals surface area contributed by atoms with Crippen LogP contribution in [0.25, 0.3) is 16.3 Å². The normalized spacial score (nSPS) is 11.6. The van der Waals surface area contributed by atoms with Gasteiger partial charge >= 0.3 is 6.18 Å². The second-order valence-corrected chi connectivity index (χ2v) is 7.06. The van der Waals surface area contributed by atoms with E-state index < -0.39 is 11.9 Å². The molecule has 0 bridgehead atoms. The Labute approximate surface area is 167 Å². The fraction of sp³-hybridized carbons (Fsp3) is 0.100. The molecule has 5 nitrogen and oxygen atoms in total. The number of amides is 1. The summed E-state index contributed by atoms with van der Waals surface area (Å²) in [6, 6.07) is 14.2. The first kappa shape index (κ1) is 19.0. The van der Waals surface area contributed by atoms with Gasteiger partial charge in [0.1, 0.15) is 5.76 Å². The number of alkyl halides is 3. The molecule has 0 fully saturated rings. The van der Waals surface area contributed by atoms with Gasteiger partial charge < -0.3 is 9.73 Å². The lowest BCUT2D eigenvalue weighted by molar-refractivity contribution is -0.141. The number of thiophene rings is 1. The number of carbonyl (C=O) groups excluding carboxylic acids is 1. The summed E-state index contributed by atoms with van der Waals surface area (Å²) in [4.78, 5) is 12.9. The molecule has 0 aliphatic heterocycles. The Hall–Kier alpha value is -3.33. The highest BCUT2D eigenvalue weighted by Gasteiger charge is 2.35. The number of carbonyl (C=O) groups is 1. The Bertz CT molecular complexity index is 1100. The maximum atomic E-state index is 13.2. The average molecular weight is 417 g/mol. The Kier molecular flexibility index (Phi) is 4.98. The molecule has 3 aromatic heterocycles. The highest BCUT2D eigenvalue weighted by molar-refractivity contribution is 7.13. The average Bonchev–Trinajstić information content (AvgIpc) is 3.46. The zero-order valence-corrected chi connectivity index (χ0v) is 15.6. The Morgan fingerprint density at radius 3 is 2.55 bits per heavy atom. The van der Waals surface area contributed by atoms with E-state index in [-0.39, 0.29) is 12.5 Å². The number of furan rings is 1. The predicted octanol–water partition coefficient (Wildman–Crippen LogP) is 5.14. The van der Waals surface area contributed by atoms with Crippen LogP contribution >= 0.6 is 11.3 Å². The van der Waals surface area contributed by atoms with Crippen LogP contribution in [0, 0.1) is 0 Å². The fourth-order valence-corrected chi connectivity index (χ4v) is 3.48. The minimum atomic E-state index is -4.55. The molecule has 148 valence electrons. The van der Waals surface area contributed by atoms with Crippen LogP contribution in [-0.4, -0.2) is 15.7 Å². The van der Waals surface area contributed by atoms with E-state index in [1.54, 1.807) is 53.9 Å². The fourth-order valence-electron chi connectivity index (χ4n) is 2.75. The van der Waals surface area contributed by atoms with Gasteiger partial charge in [0.15, 0.2) is 5.69 Å². The van der Waals surface area contributed by atoms with Crippen molar-refractivity contribution < 1.29 is 22.4 Å². The van der Waals surface area contributed by atoms with E-state index in [2.05, 4.69) is 10.4 Å². The van der Waals surface area contributed by atoms with Crippen LogP contribution in [0.4, 0.5) is 13.2 Å². The van der Waals surface area contributed by atoms with Crippen LogP contribution in [0.5, 0.6) is 0 Å². The van der Waals surface area contributed by atoms with E-state index in [0.29, 0.717) is 27.6 Å². The van der Waals surface area contributed by atoms with Crippen molar-refractivity contribution in [3.05, 3.63) is 83.3 Å². The van der Waals surface area contributed by atoms with Gasteiger partial charge in [-0.3, -0.25) is 4.79 Å². The molecule has 4 aromatic rings. The molecule has 0 radical (unpaired) electrons. The Morgan fingerprint density at radius 1 is 1.14 bits per heavy atom. The van der Waals surface area contributed by atoms with Crippen LogP contribution in [0.2, 0.25) is 0 Å². The van der Waals surface area contributed by atoms with Gasteiger partial charge in [-0.15, -0.1) is 11.3 Å². The van der Waals surface area contributed by atoms with Gasteiger partial charge in [0, 0.05) is 5.56 Å². The zero-order chi connectivity index (χ0) is 20.4. The summed E-state index contributed by atoms with van der Waals surface area (Å²) in [6.07, 6.45) is -3.04. The SMILES string of the molecule is O=C(NCc1ccco1)c1ccc(-n2nc(C(F)(F)F)cc2-c2cccs2)cc1. The zero-order valence-electron chi connectivity index (χ0n) is 14.8. The first-order chi connectivity index (χ1) is 13.9. The van der Waals surface area contributed by atoms with E-state index in [9.17, 15) is 18.0 Å². The van der Waals surface area contributed by atoms with Crippen LogP contribution in [0.15, 0.2) is 70.7 Å². The molecule has 0 atom stereocenters. The molecule has 0 aliphatic carbocycles. The minimum Gasteiger partial charge on any atom is -0.467 e. The standard InChI is InChI=1S/C20H14F3N3O2S/c21-20(22,23)18-11-16(17-4-2-10-29-17)26(25-18)14-7-5-13(6-8-14)19(27)24-12-15-3-1-9-28-15/h1-11H,12H2,(H,24,27). The van der Waals surface area contributed by atoms with E-state index in [4.69, 9.17) is 4.42 Å². The molecule has 4 rings (SSSR count). The summed E-state index contributed by atoms with van der Waals surface area (Å²) in [5, 5.41) is 8.24. The van der Waals surface area contributed by atoms with Gasteiger partial charge in [0.25, 0.3) is 5.91 Å². The molecular formula is C20H14F3N3O2S. The molecule has 1 N–H and O–H groups in total. The summed E-state index contributed by atoms with van der Waals surface area (Å²) in [5.41, 5.74) is 0.163. The molecular weight excluding hydrogens is 403 g/mol. The lowest BCUT2D eigenvalue weighted by atomic mass is 10.2. The number of nitrogens with zero attached hydrogens (tertiary/aromatic N) is 2. The van der Waals surface area contributed by atoms with Crippen LogP contribution in [0.3, 0.4) is 0 Å². The van der Waals surface area contributed by atoms with Crippen LogP contribution in [0.1, 0.15) is 21.8 Å². The third kappa shape index (κ3) is 4.09. The first-order valence-corrected chi connectivity index (χ1v) is 9.42. The maximum absolute atomic E-state index is 13.2. The second kappa shape index (κ2) is 7.59. The number of hydrogen-bond acceptors (Lipinski definition) is 4. The number of nitrogens with one attached hydrogen (secondary N) is 1. The van der Waals surface area contributed by atoms with Gasteiger partial charge in [0.2, 0.25) is 0 Å². The van der Waals surface area contributed by atoms with Gasteiger partial charge in [-0.2, -0.15) is 18.3 Å². The van der Waals surface area contributed by atoms with Gasteiger partial charge in [0.05, 0.1) is 29.1 Å². The van der Waals surface area contributed by atoms with Gasteiger partial charge in [-0.25, -0.2) is 4.68 Å². The second-order valence-electron chi connectivity index (χ2n) is 6.11. The van der Waals surface area contributed by atoms with Crippen LogP contribution in [-0.2, 0) is 12.7 Å². The molecule has 0 saturated heterocycles. The number of halogens is 3. The third-order valence-electron chi connectivity index (χ3n) is 4.15. The minimum absolute atomic E-state index is 0.240. The first-order valence-electron chi connectivity index (χ1n) is 8.54. The van der Waals surface area contributed by atoms with Crippen molar-refractivity contribution in [3.63, 3.8) is 0 Å². The summed E-state index contributed by atoms with van der Waals surface area (Å²) in [7, 11) is 0. The van der Waals surface area contributed by atoms with E-state index in [1.807, 2.05) is 0 Å². The number of benzene rings is 1. The van der Waals surface area contributed by atoms with Gasteiger partial charge in [-0.05, 0) is 53.9 Å². The van der Waals surface area contributed by atoms with Gasteiger partial charge in [-0.1, -0.05) is 6.07 Å². The van der Waals surface area contributed by atoms with Crippen molar-refractivity contribution in [1.82, 2.24) is 15.1 Å². The lowest BCUT2D eigenvalue weighted by Crippen LogP contribution is -2.22. The number of hydrogen-bond donors (Lipinski definition) is 1. The highest BCUT2D eigenvalue weighted by atomic mass is 32.1. The summed E-state index contributed by atoms with van der Waals surface area (Å²) in [5.74, 6) is 0.301. The van der Waals surface area contributed by atoms with Crippen molar-refractivity contribution >= 4 is 17.2 Å². The summed E-state index contributed by atoms with van der Waals surface area (Å²) < 4.78 is 45.9. The van der Waals surface area contributed by atoms with E-state index >= 15 is 0 Å². The summed E-state index contributed by atoms with van der Waals surface area (Å²) >= 11 is 1.32. The molecule has 1 aromatic carbocycles. The third-order valence-corrected chi connectivity index (χ3v) is 5.04. The smallest absolute Gasteiger partial charge is 0.435 e. The van der Waals surface area contributed by atoms with Crippen molar-refractivity contribution in [2.45, 2.75) is 12.7 Å². The number of rotatable bonds is 5. The maximum Gasteiger partial charge on any atom is 0.435 e. The van der Waals surface area contributed by atoms with Crippen molar-refractivity contribution in [2.75, 3.05) is 0 Å². The van der Waals surface area contributed by atoms with Crippen LogP contribution < -0.4 is 5.32 Å². The molecule has 0 aliphatic rings. The van der Waals surface area contributed by atoms with Crippen molar-refractivity contribution in [3.8, 4) is 16.3 Å². The van der Waals surface area contributed by atoms with Crippen molar-refractivity contribution in [2.24, 2.45) is 0 Å². The molecule has 0 saturated carbocycles. The molecule has 9 heteroatoms. The van der Waals surface area contributed by atoms with Crippen molar-refractivity contribution in [1.29, 1.82) is 0 Å². The molecule has 3 heterocycles. The molecule has 0 unspecified atom stereocenters. The Balaban J connectivity index is 1.60. The van der Waals surface area contributed by atoms with E-state index in [0.717, 1.165) is 6.07 Å². The highest BCUT2D eigenvalue weighted by Crippen LogP contribution is 2.34. The largest absolute Gasteiger partial charge is 0.467 e. The van der Waals surface area contributed by atoms with E-state index in [1.165, 1.54) is 22.3 Å². The summed E-state index contributed by atoms with van der Waals surface area (Å²) in [6.45, 7) is 0.240.